The minimum atomic E-state index is -0.340. The maximum atomic E-state index is 12.0. The molecular formula is C24H28N4O4. The third-order valence-corrected chi connectivity index (χ3v) is 5.84. The van der Waals surface area contributed by atoms with E-state index in [1.165, 1.54) is 7.11 Å². The minimum absolute atomic E-state index is 0.121. The van der Waals surface area contributed by atoms with Gasteiger partial charge in [0.2, 0.25) is 0 Å². The van der Waals surface area contributed by atoms with E-state index in [0.29, 0.717) is 31.7 Å². The summed E-state index contributed by atoms with van der Waals surface area (Å²) >= 11 is 0. The summed E-state index contributed by atoms with van der Waals surface area (Å²) in [7, 11) is 3.01. The molecule has 1 N–H and O–H groups in total. The van der Waals surface area contributed by atoms with Crippen molar-refractivity contribution >= 4 is 17.6 Å². The lowest BCUT2D eigenvalue weighted by molar-refractivity contribution is -0.0241. The maximum absolute atomic E-state index is 12.0. The number of aromatic nitrogens is 2. The highest BCUT2D eigenvalue weighted by atomic mass is 16.5. The van der Waals surface area contributed by atoms with Gasteiger partial charge < -0.3 is 24.1 Å². The van der Waals surface area contributed by atoms with Crippen LogP contribution >= 0.6 is 0 Å². The number of amides is 2. The van der Waals surface area contributed by atoms with Crippen LogP contribution in [-0.2, 0) is 15.9 Å². The number of morpholine rings is 1. The third-order valence-electron chi connectivity index (χ3n) is 5.84. The fraction of sp³-hybridized carbons (Fsp3) is 0.375. The quantitative estimate of drug-likeness (QED) is 0.680. The van der Waals surface area contributed by atoms with Crippen LogP contribution in [0.15, 0.2) is 36.5 Å². The summed E-state index contributed by atoms with van der Waals surface area (Å²) in [5.41, 5.74) is 6.38. The number of hydrogen-bond acceptors (Lipinski definition) is 5. The Hall–Kier alpha value is -3.39. The number of benzene rings is 1. The van der Waals surface area contributed by atoms with Gasteiger partial charge in [0.15, 0.2) is 0 Å². The van der Waals surface area contributed by atoms with Gasteiger partial charge in [0.05, 0.1) is 37.8 Å². The van der Waals surface area contributed by atoms with Gasteiger partial charge in [-0.3, -0.25) is 4.79 Å². The number of nitrogens with zero attached hydrogens (tertiary/aromatic N) is 3. The average molecular weight is 437 g/mol. The van der Waals surface area contributed by atoms with E-state index in [2.05, 4.69) is 9.72 Å². The number of pyridine rings is 1. The second kappa shape index (κ2) is 9.00. The monoisotopic (exact) mass is 436 g/mol. The number of rotatable bonds is 4. The lowest BCUT2D eigenvalue weighted by Crippen LogP contribution is -2.46. The van der Waals surface area contributed by atoms with Gasteiger partial charge in [-0.2, -0.15) is 0 Å². The van der Waals surface area contributed by atoms with Crippen molar-refractivity contribution in [1.29, 1.82) is 0 Å². The Kier molecular flexibility index (Phi) is 6.14. The van der Waals surface area contributed by atoms with E-state index in [1.807, 2.05) is 50.4 Å². The molecule has 2 amide bonds. The highest BCUT2D eigenvalue weighted by Gasteiger charge is 2.27. The molecule has 0 aliphatic carbocycles. The van der Waals surface area contributed by atoms with Gasteiger partial charge >= 0.3 is 6.09 Å². The smallest absolute Gasteiger partial charge is 0.409 e. The molecule has 3 heterocycles. The van der Waals surface area contributed by atoms with Crippen LogP contribution in [-0.4, -0.2) is 66.2 Å². The van der Waals surface area contributed by atoms with E-state index < -0.39 is 0 Å². The van der Waals surface area contributed by atoms with Crippen LogP contribution in [0.25, 0.3) is 16.9 Å². The first-order chi connectivity index (χ1) is 15.4. The molecule has 1 aliphatic heterocycles. The number of imidazole rings is 1. The van der Waals surface area contributed by atoms with Crippen molar-refractivity contribution in [2.45, 2.75) is 26.4 Å². The largest absolute Gasteiger partial charge is 0.453 e. The van der Waals surface area contributed by atoms with Crippen molar-refractivity contribution in [2.24, 2.45) is 0 Å². The molecule has 0 unspecified atom stereocenters. The Morgan fingerprint density at radius 3 is 2.78 bits per heavy atom. The molecule has 0 spiro atoms. The fourth-order valence-corrected chi connectivity index (χ4v) is 4.18. The van der Waals surface area contributed by atoms with Crippen molar-refractivity contribution in [2.75, 3.05) is 33.9 Å². The Labute approximate surface area is 187 Å². The standard InChI is InChI=1S/C24H28N4O4/c1-15-7-8-28-20(13-18-14-27(9-10-32-18)24(30)31-4)22(26-21(28)11-15)19-6-5-17(12-16(19)2)23(29)25-3/h5-8,11-12,18H,9-10,13-14H2,1-4H3,(H,25,29)/t18-/m0/s1. The summed E-state index contributed by atoms with van der Waals surface area (Å²) in [4.78, 5) is 30.7. The summed E-state index contributed by atoms with van der Waals surface area (Å²) in [6.45, 7) is 5.46. The number of fused-ring (bicyclic) bond motifs is 1. The first-order valence-electron chi connectivity index (χ1n) is 10.7. The maximum Gasteiger partial charge on any atom is 0.409 e. The van der Waals surface area contributed by atoms with E-state index in [1.54, 1.807) is 11.9 Å². The molecule has 8 heteroatoms. The molecule has 1 fully saturated rings. The molecule has 1 saturated heterocycles. The molecule has 0 saturated carbocycles. The molecule has 1 atom stereocenters. The van der Waals surface area contributed by atoms with Crippen LogP contribution in [0.2, 0.25) is 0 Å². The first kappa shape index (κ1) is 21.8. The van der Waals surface area contributed by atoms with E-state index in [9.17, 15) is 9.59 Å². The molecular weight excluding hydrogens is 408 g/mol. The van der Waals surface area contributed by atoms with E-state index in [-0.39, 0.29) is 18.1 Å². The highest BCUT2D eigenvalue weighted by molar-refractivity contribution is 5.95. The zero-order valence-corrected chi connectivity index (χ0v) is 18.8. The summed E-state index contributed by atoms with van der Waals surface area (Å²) in [5, 5.41) is 2.66. The van der Waals surface area contributed by atoms with Gasteiger partial charge in [-0.15, -0.1) is 0 Å². The SMILES string of the molecule is CNC(=O)c1ccc(-c2nc3cc(C)ccn3c2C[C@H]2CN(C(=O)OC)CCO2)c(C)c1. The summed E-state index contributed by atoms with van der Waals surface area (Å²) in [5.74, 6) is -0.121. The highest BCUT2D eigenvalue weighted by Crippen LogP contribution is 2.30. The molecule has 168 valence electrons. The Balaban J connectivity index is 1.74. The number of aryl methyl sites for hydroxylation is 2. The minimum Gasteiger partial charge on any atom is -0.453 e. The fourth-order valence-electron chi connectivity index (χ4n) is 4.18. The lowest BCUT2D eigenvalue weighted by atomic mass is 9.99. The van der Waals surface area contributed by atoms with Crippen LogP contribution < -0.4 is 5.32 Å². The Bertz CT molecular complexity index is 1170. The third kappa shape index (κ3) is 4.18. The second-order valence-electron chi connectivity index (χ2n) is 8.06. The van der Waals surface area contributed by atoms with Gasteiger partial charge in [0.1, 0.15) is 5.65 Å². The van der Waals surface area contributed by atoms with Crippen LogP contribution in [0.1, 0.15) is 27.2 Å². The van der Waals surface area contributed by atoms with E-state index in [0.717, 1.165) is 33.7 Å². The first-order valence-corrected chi connectivity index (χ1v) is 10.7. The molecule has 1 aromatic carbocycles. The molecule has 2 aromatic heterocycles. The Morgan fingerprint density at radius 1 is 1.25 bits per heavy atom. The normalized spacial score (nSPS) is 16.2. The van der Waals surface area contributed by atoms with Crippen LogP contribution in [0.4, 0.5) is 4.79 Å². The number of ether oxygens (including phenoxy) is 2. The molecule has 3 aromatic rings. The molecule has 8 nitrogen and oxygen atoms in total. The molecule has 4 rings (SSSR count). The topological polar surface area (TPSA) is 85.2 Å². The van der Waals surface area contributed by atoms with Crippen molar-refractivity contribution in [3.63, 3.8) is 0 Å². The summed E-state index contributed by atoms with van der Waals surface area (Å²) in [6.07, 6.45) is 2.09. The van der Waals surface area contributed by atoms with Crippen LogP contribution in [0, 0.1) is 13.8 Å². The molecule has 1 aliphatic rings. The van der Waals surface area contributed by atoms with E-state index in [4.69, 9.17) is 14.5 Å². The molecule has 0 bridgehead atoms. The van der Waals surface area contributed by atoms with Crippen molar-refractivity contribution < 1.29 is 19.1 Å². The van der Waals surface area contributed by atoms with Crippen LogP contribution in [0.5, 0.6) is 0 Å². The zero-order chi connectivity index (χ0) is 22.8. The Morgan fingerprint density at radius 2 is 2.06 bits per heavy atom. The van der Waals surface area contributed by atoms with Gasteiger partial charge in [-0.05, 0) is 49.2 Å². The molecule has 0 radical (unpaired) electrons. The van der Waals surface area contributed by atoms with Gasteiger partial charge in [0, 0.05) is 37.3 Å². The van der Waals surface area contributed by atoms with E-state index >= 15 is 0 Å². The van der Waals surface area contributed by atoms with Crippen LogP contribution in [0.3, 0.4) is 0 Å². The summed E-state index contributed by atoms with van der Waals surface area (Å²) in [6, 6.07) is 9.73. The van der Waals surface area contributed by atoms with Gasteiger partial charge in [-0.25, -0.2) is 9.78 Å². The number of hydrogen-bond donors (Lipinski definition) is 1. The number of carbonyl (C=O) groups is 2. The van der Waals surface area contributed by atoms with Gasteiger partial charge in [-0.1, -0.05) is 6.07 Å². The van der Waals surface area contributed by atoms with Crippen molar-refractivity contribution in [1.82, 2.24) is 19.6 Å². The average Bonchev–Trinajstić information content (AvgIpc) is 3.14. The second-order valence-corrected chi connectivity index (χ2v) is 8.06. The van der Waals surface area contributed by atoms with Crippen molar-refractivity contribution in [3.8, 4) is 11.3 Å². The number of nitrogens with one attached hydrogen (secondary N) is 1. The van der Waals surface area contributed by atoms with Gasteiger partial charge in [0.25, 0.3) is 5.91 Å². The predicted octanol–water partition coefficient (Wildman–Crippen LogP) is 2.99. The number of carbonyl (C=O) groups excluding carboxylic acids is 2. The van der Waals surface area contributed by atoms with Crippen molar-refractivity contribution in [3.05, 3.63) is 58.9 Å². The lowest BCUT2D eigenvalue weighted by Gasteiger charge is -2.32. The molecule has 32 heavy (non-hydrogen) atoms. The zero-order valence-electron chi connectivity index (χ0n) is 18.8. The summed E-state index contributed by atoms with van der Waals surface area (Å²) < 4.78 is 13.0. The predicted molar refractivity (Wildman–Crippen MR) is 121 cm³/mol. The number of methoxy groups -OCH3 is 1.